The van der Waals surface area contributed by atoms with Crippen molar-refractivity contribution in [3.8, 4) is 5.69 Å². The second kappa shape index (κ2) is 6.70. The summed E-state index contributed by atoms with van der Waals surface area (Å²) in [7, 11) is 0. The Morgan fingerprint density at radius 2 is 1.92 bits per heavy atom. The average molecular weight is 323 g/mol. The third-order valence-electron chi connectivity index (χ3n) is 4.12. The van der Waals surface area contributed by atoms with Crippen LogP contribution in [0.1, 0.15) is 34.4 Å². The predicted molar refractivity (Wildman–Crippen MR) is 92.1 cm³/mol. The Hall–Kier alpha value is -2.89. The molecule has 0 aliphatic carbocycles. The molecule has 0 saturated heterocycles. The molecule has 0 unspecified atom stereocenters. The minimum absolute atomic E-state index is 0.124. The number of para-hydroxylation sites is 1. The van der Waals surface area contributed by atoms with E-state index in [1.165, 1.54) is 0 Å². The number of hydrogen-bond donors (Lipinski definition) is 1. The van der Waals surface area contributed by atoms with Gasteiger partial charge in [-0.2, -0.15) is 10.2 Å². The van der Waals surface area contributed by atoms with E-state index < -0.39 is 0 Å². The largest absolute Gasteiger partial charge is 0.346 e. The van der Waals surface area contributed by atoms with E-state index in [9.17, 15) is 4.79 Å². The minimum atomic E-state index is -0.124. The van der Waals surface area contributed by atoms with Gasteiger partial charge in [0.05, 0.1) is 11.4 Å². The quantitative estimate of drug-likeness (QED) is 0.785. The first-order valence-corrected chi connectivity index (χ1v) is 8.02. The number of nitrogens with zero attached hydrogens (tertiary/aromatic N) is 4. The highest BCUT2D eigenvalue weighted by atomic mass is 16.2. The van der Waals surface area contributed by atoms with E-state index in [4.69, 9.17) is 0 Å². The average Bonchev–Trinajstić information content (AvgIpc) is 3.18. The molecule has 0 radical (unpaired) electrons. The monoisotopic (exact) mass is 323 g/mol. The van der Waals surface area contributed by atoms with Gasteiger partial charge in [0.1, 0.15) is 5.69 Å². The van der Waals surface area contributed by atoms with Crippen molar-refractivity contribution in [2.45, 2.75) is 33.9 Å². The zero-order valence-electron chi connectivity index (χ0n) is 14.2. The van der Waals surface area contributed by atoms with Gasteiger partial charge in [-0.1, -0.05) is 18.2 Å². The zero-order chi connectivity index (χ0) is 17.1. The van der Waals surface area contributed by atoms with E-state index in [1.807, 2.05) is 55.8 Å². The molecule has 0 spiro atoms. The molecule has 24 heavy (non-hydrogen) atoms. The number of hydrogen-bond acceptors (Lipinski definition) is 3. The highest BCUT2D eigenvalue weighted by Gasteiger charge is 2.15. The van der Waals surface area contributed by atoms with Crippen LogP contribution in [0.3, 0.4) is 0 Å². The van der Waals surface area contributed by atoms with Crippen LogP contribution in [-0.2, 0) is 13.1 Å². The van der Waals surface area contributed by atoms with Gasteiger partial charge in [-0.15, -0.1) is 0 Å². The number of nitrogens with one attached hydrogen (secondary N) is 1. The predicted octanol–water partition coefficient (Wildman–Crippen LogP) is 2.64. The smallest absolute Gasteiger partial charge is 0.269 e. The number of aryl methyl sites for hydroxylation is 2. The number of aromatic nitrogens is 4. The fraction of sp³-hybridized carbons (Fsp3) is 0.278. The molecule has 0 fully saturated rings. The number of carbonyl (C=O) groups excluding carboxylic acids is 1. The third-order valence-corrected chi connectivity index (χ3v) is 4.12. The van der Waals surface area contributed by atoms with Crippen LogP contribution < -0.4 is 5.32 Å². The van der Waals surface area contributed by atoms with Gasteiger partial charge in [0.25, 0.3) is 5.91 Å². The van der Waals surface area contributed by atoms with Crippen LogP contribution in [-0.4, -0.2) is 25.5 Å². The summed E-state index contributed by atoms with van der Waals surface area (Å²) >= 11 is 0. The first kappa shape index (κ1) is 16.0. The molecule has 2 heterocycles. The van der Waals surface area contributed by atoms with Crippen molar-refractivity contribution in [3.63, 3.8) is 0 Å². The molecule has 3 rings (SSSR count). The summed E-state index contributed by atoms with van der Waals surface area (Å²) in [4.78, 5) is 12.4. The van der Waals surface area contributed by atoms with Gasteiger partial charge in [0.15, 0.2) is 0 Å². The van der Waals surface area contributed by atoms with E-state index in [1.54, 1.807) is 16.9 Å². The van der Waals surface area contributed by atoms with E-state index >= 15 is 0 Å². The van der Waals surface area contributed by atoms with Crippen LogP contribution in [0.25, 0.3) is 5.69 Å². The van der Waals surface area contributed by atoms with Crippen LogP contribution in [0.5, 0.6) is 0 Å². The Labute approximate surface area is 141 Å². The Balaban J connectivity index is 1.79. The normalized spacial score (nSPS) is 10.8. The van der Waals surface area contributed by atoms with Crippen LogP contribution >= 0.6 is 0 Å². The Morgan fingerprint density at radius 1 is 1.17 bits per heavy atom. The maximum absolute atomic E-state index is 12.4. The summed E-state index contributed by atoms with van der Waals surface area (Å²) in [5.41, 5.74) is 4.57. The second-order valence-corrected chi connectivity index (χ2v) is 5.61. The third kappa shape index (κ3) is 2.95. The van der Waals surface area contributed by atoms with Crippen molar-refractivity contribution >= 4 is 5.91 Å². The topological polar surface area (TPSA) is 64.7 Å². The van der Waals surface area contributed by atoms with Gasteiger partial charge in [0.2, 0.25) is 0 Å². The van der Waals surface area contributed by atoms with Crippen molar-refractivity contribution in [1.29, 1.82) is 0 Å². The van der Waals surface area contributed by atoms with Gasteiger partial charge in [-0.25, -0.2) is 4.68 Å². The van der Waals surface area contributed by atoms with Gasteiger partial charge in [-0.3, -0.25) is 9.48 Å². The van der Waals surface area contributed by atoms with Gasteiger partial charge in [-0.05, 0) is 39.0 Å². The lowest BCUT2D eigenvalue weighted by Crippen LogP contribution is -2.26. The van der Waals surface area contributed by atoms with Gasteiger partial charge < -0.3 is 5.32 Å². The van der Waals surface area contributed by atoms with Crippen molar-refractivity contribution in [1.82, 2.24) is 24.9 Å². The fourth-order valence-electron chi connectivity index (χ4n) is 2.79. The van der Waals surface area contributed by atoms with E-state index in [2.05, 4.69) is 15.5 Å². The standard InChI is InChI=1S/C18H21N5O/c1-4-22-17(10-11-20-22)18(24)19-12-16-13(2)21-23(14(16)3)15-8-6-5-7-9-15/h5-11H,4,12H2,1-3H3,(H,19,24). The molecule has 3 aromatic rings. The molecule has 0 saturated carbocycles. The number of amides is 1. The van der Waals surface area contributed by atoms with Crippen LogP contribution in [0.4, 0.5) is 0 Å². The van der Waals surface area contributed by atoms with E-state index in [-0.39, 0.29) is 5.91 Å². The Bertz CT molecular complexity index is 848. The summed E-state index contributed by atoms with van der Waals surface area (Å²) in [5, 5.41) is 11.7. The number of carbonyl (C=O) groups is 1. The fourth-order valence-corrected chi connectivity index (χ4v) is 2.79. The number of rotatable bonds is 5. The van der Waals surface area contributed by atoms with E-state index in [0.29, 0.717) is 18.8 Å². The molecular weight excluding hydrogens is 302 g/mol. The van der Waals surface area contributed by atoms with Crippen LogP contribution in [0.2, 0.25) is 0 Å². The summed E-state index contributed by atoms with van der Waals surface area (Å²) in [6, 6.07) is 11.7. The molecule has 0 aliphatic heterocycles. The number of benzene rings is 1. The first-order valence-electron chi connectivity index (χ1n) is 8.02. The lowest BCUT2D eigenvalue weighted by atomic mass is 10.2. The van der Waals surface area contributed by atoms with Gasteiger partial charge in [0, 0.05) is 30.5 Å². The molecule has 1 N–H and O–H groups in total. The molecule has 124 valence electrons. The maximum atomic E-state index is 12.4. The molecule has 6 nitrogen and oxygen atoms in total. The first-order chi connectivity index (χ1) is 11.6. The van der Waals surface area contributed by atoms with Crippen molar-refractivity contribution in [2.24, 2.45) is 0 Å². The molecule has 0 bridgehead atoms. The summed E-state index contributed by atoms with van der Waals surface area (Å²) in [6.45, 7) is 7.05. The summed E-state index contributed by atoms with van der Waals surface area (Å²) in [5.74, 6) is -0.124. The molecule has 1 aromatic carbocycles. The molecular formula is C18H21N5O. The second-order valence-electron chi connectivity index (χ2n) is 5.61. The highest BCUT2D eigenvalue weighted by molar-refractivity contribution is 5.92. The van der Waals surface area contributed by atoms with Crippen molar-refractivity contribution in [2.75, 3.05) is 0 Å². The summed E-state index contributed by atoms with van der Waals surface area (Å²) in [6.07, 6.45) is 1.64. The molecule has 6 heteroatoms. The lowest BCUT2D eigenvalue weighted by molar-refractivity contribution is 0.0940. The zero-order valence-corrected chi connectivity index (χ0v) is 14.2. The van der Waals surface area contributed by atoms with Crippen LogP contribution in [0.15, 0.2) is 42.6 Å². The molecule has 0 atom stereocenters. The lowest BCUT2D eigenvalue weighted by Gasteiger charge is -2.08. The maximum Gasteiger partial charge on any atom is 0.269 e. The molecule has 1 amide bonds. The Morgan fingerprint density at radius 3 is 2.62 bits per heavy atom. The van der Waals surface area contributed by atoms with Crippen molar-refractivity contribution < 1.29 is 4.79 Å². The summed E-state index contributed by atoms with van der Waals surface area (Å²) < 4.78 is 3.59. The highest BCUT2D eigenvalue weighted by Crippen LogP contribution is 2.17. The van der Waals surface area contributed by atoms with E-state index in [0.717, 1.165) is 22.6 Å². The SMILES string of the molecule is CCn1nccc1C(=O)NCc1c(C)nn(-c2ccccc2)c1C. The van der Waals surface area contributed by atoms with Gasteiger partial charge >= 0.3 is 0 Å². The van der Waals surface area contributed by atoms with Crippen molar-refractivity contribution in [3.05, 3.63) is 65.2 Å². The minimum Gasteiger partial charge on any atom is -0.346 e. The molecule has 0 aliphatic rings. The molecule has 2 aromatic heterocycles. The van der Waals surface area contributed by atoms with Crippen LogP contribution in [0, 0.1) is 13.8 Å². The Kier molecular flexibility index (Phi) is 4.46.